The van der Waals surface area contributed by atoms with Gasteiger partial charge in [0.05, 0.1) is 18.7 Å². The van der Waals surface area contributed by atoms with Crippen molar-refractivity contribution in [2.24, 2.45) is 14.1 Å². The Morgan fingerprint density at radius 2 is 1.95 bits per heavy atom. The van der Waals surface area contributed by atoms with Crippen LogP contribution in [0.2, 0.25) is 0 Å². The summed E-state index contributed by atoms with van der Waals surface area (Å²) in [6.07, 6.45) is 1.66. The Hall–Kier alpha value is -2.09. The Labute approximate surface area is 120 Å². The van der Waals surface area contributed by atoms with Gasteiger partial charge in [-0.25, -0.2) is 4.79 Å². The predicted octanol–water partition coefficient (Wildman–Crippen LogP) is -0.688. The van der Waals surface area contributed by atoms with Gasteiger partial charge in [-0.05, 0) is 6.42 Å². The number of H-pyrrole nitrogens is 1. The van der Waals surface area contributed by atoms with Gasteiger partial charge in [-0.1, -0.05) is 13.3 Å². The summed E-state index contributed by atoms with van der Waals surface area (Å²) in [5.74, 6) is 0.518. The van der Waals surface area contributed by atoms with E-state index in [1.165, 1.54) is 11.6 Å². The molecule has 2 aromatic rings. The number of nitrogens with zero attached hydrogens (tertiary/aromatic N) is 4. The fourth-order valence-electron chi connectivity index (χ4n) is 2.90. The number of β-amino-alcohol motifs (C(OH)–C–C–N with tert-alkyl or cyclic N) is 1. The Morgan fingerprint density at radius 3 is 2.57 bits per heavy atom. The molecule has 0 amide bonds. The fourth-order valence-corrected chi connectivity index (χ4v) is 2.90. The van der Waals surface area contributed by atoms with Gasteiger partial charge >= 0.3 is 5.69 Å². The van der Waals surface area contributed by atoms with Gasteiger partial charge < -0.3 is 15.0 Å². The summed E-state index contributed by atoms with van der Waals surface area (Å²) in [4.78, 5) is 33.1. The first kappa shape index (κ1) is 13.9. The standard InChI is InChI=1S/C13H19N5O3/c1-4-5-13(21)6-18(7-13)11-14-8-9(15-11)16(2)12(20)17(3)10(8)19/h21H,4-7H2,1-3H3,(H,14,15). The molecule has 0 spiro atoms. The van der Waals surface area contributed by atoms with Crippen molar-refractivity contribution in [1.29, 1.82) is 0 Å². The Morgan fingerprint density at radius 1 is 1.29 bits per heavy atom. The van der Waals surface area contributed by atoms with Crippen LogP contribution in [0.25, 0.3) is 11.2 Å². The molecule has 114 valence electrons. The van der Waals surface area contributed by atoms with E-state index in [1.807, 2.05) is 11.8 Å². The van der Waals surface area contributed by atoms with Gasteiger partial charge in [-0.2, -0.15) is 4.98 Å². The fraction of sp³-hybridized carbons (Fsp3) is 0.615. The van der Waals surface area contributed by atoms with Gasteiger partial charge in [0.1, 0.15) is 0 Å². The molecular formula is C13H19N5O3. The zero-order valence-electron chi connectivity index (χ0n) is 12.4. The number of hydrogen-bond donors (Lipinski definition) is 2. The van der Waals surface area contributed by atoms with Gasteiger partial charge in [-0.15, -0.1) is 0 Å². The molecule has 2 N–H and O–H groups in total. The van der Waals surface area contributed by atoms with Gasteiger partial charge in [0.25, 0.3) is 5.56 Å². The molecule has 0 saturated carbocycles. The maximum Gasteiger partial charge on any atom is 0.332 e. The van der Waals surface area contributed by atoms with E-state index in [2.05, 4.69) is 9.97 Å². The van der Waals surface area contributed by atoms with Crippen molar-refractivity contribution in [1.82, 2.24) is 19.1 Å². The van der Waals surface area contributed by atoms with E-state index < -0.39 is 16.9 Å². The van der Waals surface area contributed by atoms with Crippen molar-refractivity contribution in [2.45, 2.75) is 25.4 Å². The van der Waals surface area contributed by atoms with Crippen LogP contribution in [0.15, 0.2) is 9.59 Å². The number of aromatic nitrogens is 4. The van der Waals surface area contributed by atoms with Gasteiger partial charge in [0.15, 0.2) is 11.2 Å². The minimum Gasteiger partial charge on any atom is -0.386 e. The first-order valence-corrected chi connectivity index (χ1v) is 6.99. The van der Waals surface area contributed by atoms with Crippen LogP contribution in [0.4, 0.5) is 5.95 Å². The molecule has 1 aliphatic rings. The summed E-state index contributed by atoms with van der Waals surface area (Å²) in [7, 11) is 3.02. The summed E-state index contributed by atoms with van der Waals surface area (Å²) < 4.78 is 2.39. The first-order chi connectivity index (χ1) is 9.86. The molecule has 3 rings (SSSR count). The molecule has 1 saturated heterocycles. The van der Waals surface area contributed by atoms with Crippen LogP contribution >= 0.6 is 0 Å². The molecule has 0 bridgehead atoms. The number of anilines is 1. The zero-order chi connectivity index (χ0) is 15.4. The second-order valence-corrected chi connectivity index (χ2v) is 5.80. The van der Waals surface area contributed by atoms with Crippen molar-refractivity contribution in [2.75, 3.05) is 18.0 Å². The molecule has 0 aliphatic carbocycles. The van der Waals surface area contributed by atoms with Crippen LogP contribution in [0.5, 0.6) is 0 Å². The van der Waals surface area contributed by atoms with E-state index in [4.69, 9.17) is 0 Å². The Balaban J connectivity index is 2.01. The van der Waals surface area contributed by atoms with Gasteiger partial charge in [0, 0.05) is 14.1 Å². The lowest BCUT2D eigenvalue weighted by molar-refractivity contribution is 0.00256. The molecular weight excluding hydrogens is 274 g/mol. The Kier molecular flexibility index (Phi) is 2.94. The zero-order valence-corrected chi connectivity index (χ0v) is 12.4. The number of hydrogen-bond acceptors (Lipinski definition) is 5. The second kappa shape index (κ2) is 4.45. The monoisotopic (exact) mass is 293 g/mol. The third-order valence-corrected chi connectivity index (χ3v) is 4.07. The molecule has 8 heteroatoms. The van der Waals surface area contributed by atoms with Crippen molar-refractivity contribution in [3.8, 4) is 0 Å². The average Bonchev–Trinajstić information content (AvgIpc) is 2.85. The van der Waals surface area contributed by atoms with Crippen LogP contribution in [0.1, 0.15) is 19.8 Å². The highest BCUT2D eigenvalue weighted by molar-refractivity contribution is 5.73. The summed E-state index contributed by atoms with van der Waals surface area (Å²) in [6, 6.07) is 0. The lowest BCUT2D eigenvalue weighted by atomic mass is 9.90. The Bertz CT molecular complexity index is 810. The minimum absolute atomic E-state index is 0.306. The van der Waals surface area contributed by atoms with Crippen molar-refractivity contribution in [3.63, 3.8) is 0 Å². The lowest BCUT2D eigenvalue weighted by Gasteiger charge is -2.46. The van der Waals surface area contributed by atoms with Crippen molar-refractivity contribution in [3.05, 3.63) is 20.8 Å². The molecule has 1 fully saturated rings. The normalized spacial score (nSPS) is 17.2. The molecule has 2 aromatic heterocycles. The SMILES string of the molecule is CCCC1(O)CN(c2nc3c([nH]2)c(=O)n(C)c(=O)n3C)C1. The molecule has 8 nitrogen and oxygen atoms in total. The van der Waals surface area contributed by atoms with E-state index in [-0.39, 0.29) is 0 Å². The van der Waals surface area contributed by atoms with Crippen LogP contribution in [0, 0.1) is 0 Å². The molecule has 0 atom stereocenters. The maximum atomic E-state index is 12.1. The average molecular weight is 293 g/mol. The largest absolute Gasteiger partial charge is 0.386 e. The summed E-state index contributed by atoms with van der Waals surface area (Å²) >= 11 is 0. The summed E-state index contributed by atoms with van der Waals surface area (Å²) in [6.45, 7) is 2.99. The molecule has 0 unspecified atom stereocenters. The molecule has 3 heterocycles. The van der Waals surface area contributed by atoms with E-state index in [0.717, 1.165) is 17.4 Å². The number of fused-ring (bicyclic) bond motifs is 1. The minimum atomic E-state index is -0.676. The molecule has 21 heavy (non-hydrogen) atoms. The summed E-state index contributed by atoms with van der Waals surface area (Å²) in [5, 5.41) is 10.2. The number of imidazole rings is 1. The molecule has 0 aromatic carbocycles. The molecule has 0 radical (unpaired) electrons. The van der Waals surface area contributed by atoms with Crippen LogP contribution in [-0.4, -0.2) is 42.9 Å². The summed E-state index contributed by atoms with van der Waals surface area (Å²) in [5.41, 5.74) is -0.831. The van der Waals surface area contributed by atoms with Crippen molar-refractivity contribution < 1.29 is 5.11 Å². The van der Waals surface area contributed by atoms with Crippen molar-refractivity contribution >= 4 is 17.1 Å². The van der Waals surface area contributed by atoms with Gasteiger partial charge in [-0.3, -0.25) is 13.9 Å². The van der Waals surface area contributed by atoms with E-state index in [0.29, 0.717) is 30.2 Å². The topological polar surface area (TPSA) is 96.2 Å². The van der Waals surface area contributed by atoms with E-state index in [1.54, 1.807) is 7.05 Å². The van der Waals surface area contributed by atoms with Crippen LogP contribution < -0.4 is 16.1 Å². The van der Waals surface area contributed by atoms with Gasteiger partial charge in [0.2, 0.25) is 5.95 Å². The number of nitrogens with one attached hydrogen (secondary N) is 1. The highest BCUT2D eigenvalue weighted by Crippen LogP contribution is 2.29. The third kappa shape index (κ3) is 1.98. The third-order valence-electron chi connectivity index (χ3n) is 4.07. The van der Waals surface area contributed by atoms with Crippen LogP contribution in [-0.2, 0) is 14.1 Å². The number of aryl methyl sites for hydroxylation is 1. The smallest absolute Gasteiger partial charge is 0.332 e. The number of aromatic amines is 1. The predicted molar refractivity (Wildman–Crippen MR) is 78.6 cm³/mol. The lowest BCUT2D eigenvalue weighted by Crippen LogP contribution is -2.62. The van der Waals surface area contributed by atoms with E-state index >= 15 is 0 Å². The highest BCUT2D eigenvalue weighted by Gasteiger charge is 2.41. The number of aliphatic hydroxyl groups is 1. The molecule has 1 aliphatic heterocycles. The second-order valence-electron chi connectivity index (χ2n) is 5.80. The number of rotatable bonds is 3. The maximum absolute atomic E-state index is 12.1. The van der Waals surface area contributed by atoms with E-state index in [9.17, 15) is 14.7 Å². The highest BCUT2D eigenvalue weighted by atomic mass is 16.3. The first-order valence-electron chi connectivity index (χ1n) is 6.99. The quantitative estimate of drug-likeness (QED) is 0.781. The van der Waals surface area contributed by atoms with Crippen LogP contribution in [0.3, 0.4) is 0 Å².